The van der Waals surface area contributed by atoms with Gasteiger partial charge in [-0.05, 0) is 44.5 Å². The molecule has 0 aliphatic carbocycles. The summed E-state index contributed by atoms with van der Waals surface area (Å²) in [5.74, 6) is -2.24. The molecule has 1 aliphatic rings. The molecule has 31 heavy (non-hydrogen) atoms. The van der Waals surface area contributed by atoms with Crippen molar-refractivity contribution in [2.45, 2.75) is 27.2 Å². The molecule has 8 nitrogen and oxygen atoms in total. The average molecular weight is 423 g/mol. The van der Waals surface area contributed by atoms with Crippen molar-refractivity contribution in [3.63, 3.8) is 0 Å². The van der Waals surface area contributed by atoms with E-state index in [0.29, 0.717) is 11.4 Å². The molecule has 0 bridgehead atoms. The minimum absolute atomic E-state index is 0.0154. The molecule has 0 radical (unpaired) electrons. The van der Waals surface area contributed by atoms with Crippen LogP contribution in [0.2, 0.25) is 0 Å². The molecule has 2 aromatic carbocycles. The second-order valence-electron chi connectivity index (χ2n) is 7.67. The summed E-state index contributed by atoms with van der Waals surface area (Å²) < 4.78 is 5.02. The first kappa shape index (κ1) is 22.0. The Morgan fingerprint density at radius 3 is 2.39 bits per heavy atom. The molecule has 4 amide bonds. The van der Waals surface area contributed by atoms with Gasteiger partial charge in [-0.15, -0.1) is 0 Å². The summed E-state index contributed by atoms with van der Waals surface area (Å²) in [5.41, 5.74) is 4.27. The number of benzene rings is 2. The van der Waals surface area contributed by atoms with E-state index < -0.39 is 30.4 Å². The lowest BCUT2D eigenvalue weighted by molar-refractivity contribution is -0.152. The molecule has 8 heteroatoms. The Kier molecular flexibility index (Phi) is 6.69. The maximum absolute atomic E-state index is 12.3. The Labute approximate surface area is 180 Å². The quantitative estimate of drug-likeness (QED) is 0.720. The monoisotopic (exact) mass is 423 g/mol. The highest BCUT2D eigenvalue weighted by Crippen LogP contribution is 2.26. The number of nitrogens with one attached hydrogen (secondary N) is 2. The van der Waals surface area contributed by atoms with Crippen molar-refractivity contribution in [1.82, 2.24) is 5.32 Å². The predicted molar refractivity (Wildman–Crippen MR) is 116 cm³/mol. The van der Waals surface area contributed by atoms with E-state index in [2.05, 4.69) is 10.6 Å². The van der Waals surface area contributed by atoms with Gasteiger partial charge in [0.1, 0.15) is 0 Å². The zero-order valence-corrected chi connectivity index (χ0v) is 17.7. The molecule has 0 unspecified atom stereocenters. The van der Waals surface area contributed by atoms with Crippen LogP contribution in [0.15, 0.2) is 42.5 Å². The highest BCUT2D eigenvalue weighted by atomic mass is 16.5. The van der Waals surface area contributed by atoms with Crippen LogP contribution in [-0.2, 0) is 19.1 Å². The van der Waals surface area contributed by atoms with Gasteiger partial charge in [0, 0.05) is 24.3 Å². The van der Waals surface area contributed by atoms with Gasteiger partial charge in [0.05, 0.1) is 5.92 Å². The molecular weight excluding hydrogens is 398 g/mol. The van der Waals surface area contributed by atoms with Gasteiger partial charge < -0.3 is 15.0 Å². The number of hydrogen-bond donors (Lipinski definition) is 2. The molecule has 2 aromatic rings. The van der Waals surface area contributed by atoms with Crippen molar-refractivity contribution in [3.8, 4) is 0 Å². The summed E-state index contributed by atoms with van der Waals surface area (Å²) >= 11 is 0. The first-order valence-electron chi connectivity index (χ1n) is 9.94. The first-order valence-corrected chi connectivity index (χ1v) is 9.94. The number of carbonyl (C=O) groups excluding carboxylic acids is 4. The van der Waals surface area contributed by atoms with Gasteiger partial charge in [0.2, 0.25) is 5.91 Å². The Morgan fingerprint density at radius 2 is 1.71 bits per heavy atom. The highest BCUT2D eigenvalue weighted by molar-refractivity contribution is 6.03. The van der Waals surface area contributed by atoms with Crippen molar-refractivity contribution in [3.05, 3.63) is 59.2 Å². The number of aryl methyl sites for hydroxylation is 3. The second kappa shape index (κ2) is 9.42. The molecule has 162 valence electrons. The number of hydrogen-bond acceptors (Lipinski definition) is 5. The molecule has 1 aliphatic heterocycles. The Morgan fingerprint density at radius 1 is 1.03 bits per heavy atom. The van der Waals surface area contributed by atoms with Crippen molar-refractivity contribution in [2.24, 2.45) is 5.92 Å². The van der Waals surface area contributed by atoms with Crippen LogP contribution in [0.1, 0.15) is 23.1 Å². The van der Waals surface area contributed by atoms with Crippen LogP contribution in [0, 0.1) is 26.7 Å². The summed E-state index contributed by atoms with van der Waals surface area (Å²) in [6.07, 6.45) is 0.0154. The summed E-state index contributed by atoms with van der Waals surface area (Å²) in [5, 5.41) is 4.70. The number of urea groups is 1. The van der Waals surface area contributed by atoms with E-state index in [4.69, 9.17) is 4.74 Å². The second-order valence-corrected chi connectivity index (χ2v) is 7.67. The van der Waals surface area contributed by atoms with Crippen molar-refractivity contribution >= 4 is 35.2 Å². The fourth-order valence-electron chi connectivity index (χ4n) is 3.36. The van der Waals surface area contributed by atoms with Gasteiger partial charge in [-0.3, -0.25) is 19.7 Å². The van der Waals surface area contributed by atoms with E-state index in [1.54, 1.807) is 6.07 Å². The first-order chi connectivity index (χ1) is 14.7. The number of ether oxygens (including phenoxy) is 1. The van der Waals surface area contributed by atoms with E-state index in [-0.39, 0.29) is 18.9 Å². The summed E-state index contributed by atoms with van der Waals surface area (Å²) in [6.45, 7) is 5.31. The smallest absolute Gasteiger partial charge is 0.325 e. The Hall–Kier alpha value is -3.68. The highest BCUT2D eigenvalue weighted by Gasteiger charge is 2.36. The van der Waals surface area contributed by atoms with Crippen LogP contribution in [0.25, 0.3) is 0 Å². The Balaban J connectivity index is 1.46. The van der Waals surface area contributed by atoms with Gasteiger partial charge in [-0.2, -0.15) is 0 Å². The lowest BCUT2D eigenvalue weighted by atomic mass is 10.1. The number of carbonyl (C=O) groups is 4. The number of amides is 4. The van der Waals surface area contributed by atoms with Gasteiger partial charge in [0.25, 0.3) is 5.91 Å². The number of rotatable bonds is 5. The average Bonchev–Trinajstić information content (AvgIpc) is 3.10. The van der Waals surface area contributed by atoms with Crippen LogP contribution in [0.5, 0.6) is 0 Å². The SMILES string of the molecule is Cc1ccc(N2C[C@@H](C(=O)OCC(=O)NC(=O)Nc3ccc(C)cc3C)CC2=O)cc1. The van der Waals surface area contributed by atoms with Gasteiger partial charge in [0.15, 0.2) is 6.61 Å². The lowest BCUT2D eigenvalue weighted by Crippen LogP contribution is -2.38. The van der Waals surface area contributed by atoms with Gasteiger partial charge in [-0.25, -0.2) is 4.79 Å². The minimum atomic E-state index is -0.754. The maximum Gasteiger partial charge on any atom is 0.325 e. The third-order valence-corrected chi connectivity index (χ3v) is 5.03. The molecule has 0 saturated carbocycles. The van der Waals surface area contributed by atoms with E-state index in [0.717, 1.165) is 16.7 Å². The number of anilines is 2. The van der Waals surface area contributed by atoms with Crippen molar-refractivity contribution in [2.75, 3.05) is 23.4 Å². The Bertz CT molecular complexity index is 1020. The van der Waals surface area contributed by atoms with Crippen LogP contribution in [-0.4, -0.2) is 37.0 Å². The third-order valence-electron chi connectivity index (χ3n) is 5.03. The molecule has 1 heterocycles. The molecule has 3 rings (SSSR count). The summed E-state index contributed by atoms with van der Waals surface area (Å²) in [4.78, 5) is 50.0. The van der Waals surface area contributed by atoms with Crippen molar-refractivity contribution in [1.29, 1.82) is 0 Å². The third kappa shape index (κ3) is 5.69. The largest absolute Gasteiger partial charge is 0.455 e. The topological polar surface area (TPSA) is 105 Å². The molecule has 1 fully saturated rings. The standard InChI is InChI=1S/C23H25N3O5/c1-14-4-7-18(8-5-14)26-12-17(11-21(26)28)22(29)31-13-20(27)25-23(30)24-19-9-6-15(2)10-16(19)3/h4-10,17H,11-13H2,1-3H3,(H2,24,25,27,30)/t17-/m0/s1. The van der Waals surface area contributed by atoms with Crippen LogP contribution in [0.3, 0.4) is 0 Å². The molecular formula is C23H25N3O5. The number of imide groups is 1. The molecule has 0 spiro atoms. The molecule has 1 atom stereocenters. The lowest BCUT2D eigenvalue weighted by Gasteiger charge is -2.16. The van der Waals surface area contributed by atoms with Crippen LogP contribution in [0.4, 0.5) is 16.2 Å². The van der Waals surface area contributed by atoms with Crippen molar-refractivity contribution < 1.29 is 23.9 Å². The van der Waals surface area contributed by atoms with E-state index in [9.17, 15) is 19.2 Å². The summed E-state index contributed by atoms with van der Waals surface area (Å²) in [6, 6.07) is 12.2. The normalized spacial score (nSPS) is 15.5. The van der Waals surface area contributed by atoms with Gasteiger partial charge >= 0.3 is 12.0 Å². The fourth-order valence-corrected chi connectivity index (χ4v) is 3.36. The molecule has 0 aromatic heterocycles. The molecule has 2 N–H and O–H groups in total. The summed E-state index contributed by atoms with van der Waals surface area (Å²) in [7, 11) is 0. The predicted octanol–water partition coefficient (Wildman–Crippen LogP) is 2.86. The van der Waals surface area contributed by atoms with E-state index in [1.807, 2.05) is 57.2 Å². The zero-order valence-electron chi connectivity index (χ0n) is 17.7. The van der Waals surface area contributed by atoms with Gasteiger partial charge in [-0.1, -0.05) is 35.4 Å². The maximum atomic E-state index is 12.3. The molecule has 1 saturated heterocycles. The van der Waals surface area contributed by atoms with E-state index in [1.165, 1.54) is 4.90 Å². The fraction of sp³-hybridized carbons (Fsp3) is 0.304. The van der Waals surface area contributed by atoms with Crippen LogP contribution >= 0.6 is 0 Å². The number of nitrogens with zero attached hydrogens (tertiary/aromatic N) is 1. The number of esters is 1. The minimum Gasteiger partial charge on any atom is -0.455 e. The zero-order chi connectivity index (χ0) is 22.5. The van der Waals surface area contributed by atoms with Crippen LogP contribution < -0.4 is 15.5 Å². The van der Waals surface area contributed by atoms with E-state index >= 15 is 0 Å².